The van der Waals surface area contributed by atoms with Gasteiger partial charge in [0.25, 0.3) is 5.56 Å². The van der Waals surface area contributed by atoms with E-state index in [9.17, 15) is 9.90 Å². The molecule has 0 radical (unpaired) electrons. The standard InChI is InChI=1S/C18H19N3O2/c1-12(11-16(22)13-7-3-2-4-8-13)19-18-20-15-10-6-5-9-14(15)17(23)21-18/h2-10,12,16,22H,11H2,1H3,(H2,19,20,21,23). The molecule has 3 N–H and O–H groups in total. The molecule has 3 rings (SSSR count). The van der Waals surface area contributed by atoms with Crippen LogP contribution in [0.5, 0.6) is 0 Å². The average Bonchev–Trinajstić information content (AvgIpc) is 2.55. The molecule has 0 saturated heterocycles. The second kappa shape index (κ2) is 6.62. The highest BCUT2D eigenvalue weighted by Gasteiger charge is 2.13. The number of para-hydroxylation sites is 1. The van der Waals surface area contributed by atoms with E-state index in [4.69, 9.17) is 0 Å². The summed E-state index contributed by atoms with van der Waals surface area (Å²) in [5.41, 5.74) is 1.35. The lowest BCUT2D eigenvalue weighted by molar-refractivity contribution is 0.162. The van der Waals surface area contributed by atoms with Gasteiger partial charge in [0.1, 0.15) is 0 Å². The molecule has 5 heteroatoms. The second-order valence-electron chi connectivity index (χ2n) is 5.64. The minimum atomic E-state index is -0.564. The predicted octanol–water partition coefficient (Wildman–Crippen LogP) is 2.85. The topological polar surface area (TPSA) is 78.0 Å². The number of nitrogens with one attached hydrogen (secondary N) is 2. The Morgan fingerprint density at radius 2 is 1.83 bits per heavy atom. The molecule has 0 spiro atoms. The maximum atomic E-state index is 12.0. The van der Waals surface area contributed by atoms with Crippen LogP contribution in [0.15, 0.2) is 59.4 Å². The summed E-state index contributed by atoms with van der Waals surface area (Å²) in [7, 11) is 0. The van der Waals surface area contributed by atoms with E-state index in [0.29, 0.717) is 23.3 Å². The predicted molar refractivity (Wildman–Crippen MR) is 91.5 cm³/mol. The molecule has 0 fully saturated rings. The molecule has 5 nitrogen and oxygen atoms in total. The molecule has 23 heavy (non-hydrogen) atoms. The number of hydrogen-bond acceptors (Lipinski definition) is 4. The maximum absolute atomic E-state index is 12.0. The Hall–Kier alpha value is -2.66. The summed E-state index contributed by atoms with van der Waals surface area (Å²) in [6.07, 6.45) is -0.0496. The fraction of sp³-hybridized carbons (Fsp3) is 0.222. The number of aromatic amines is 1. The molecule has 0 saturated carbocycles. The van der Waals surface area contributed by atoms with Crippen molar-refractivity contribution in [3.05, 3.63) is 70.5 Å². The molecular formula is C18H19N3O2. The Labute approximate surface area is 134 Å². The minimum absolute atomic E-state index is 0.0467. The van der Waals surface area contributed by atoms with Gasteiger partial charge in [-0.2, -0.15) is 0 Å². The van der Waals surface area contributed by atoms with Crippen LogP contribution in [0, 0.1) is 0 Å². The highest BCUT2D eigenvalue weighted by Crippen LogP contribution is 2.19. The monoisotopic (exact) mass is 309 g/mol. The van der Waals surface area contributed by atoms with Gasteiger partial charge in [0.15, 0.2) is 0 Å². The minimum Gasteiger partial charge on any atom is -0.388 e. The summed E-state index contributed by atoms with van der Waals surface area (Å²) in [6, 6.07) is 16.7. The van der Waals surface area contributed by atoms with Crippen molar-refractivity contribution in [2.24, 2.45) is 0 Å². The SMILES string of the molecule is CC(CC(O)c1ccccc1)Nc1nc2ccccc2c(=O)[nH]1. The van der Waals surface area contributed by atoms with Crippen molar-refractivity contribution in [2.45, 2.75) is 25.5 Å². The van der Waals surface area contributed by atoms with Gasteiger partial charge in [-0.15, -0.1) is 0 Å². The zero-order valence-corrected chi connectivity index (χ0v) is 12.9. The molecule has 2 aromatic carbocycles. The van der Waals surface area contributed by atoms with Gasteiger partial charge in [0.2, 0.25) is 5.95 Å². The van der Waals surface area contributed by atoms with Crippen molar-refractivity contribution in [3.8, 4) is 0 Å². The van der Waals surface area contributed by atoms with E-state index in [2.05, 4.69) is 15.3 Å². The number of benzene rings is 2. The largest absolute Gasteiger partial charge is 0.388 e. The molecule has 0 aliphatic carbocycles. The van der Waals surface area contributed by atoms with Crippen LogP contribution in [0.3, 0.4) is 0 Å². The van der Waals surface area contributed by atoms with Crippen molar-refractivity contribution >= 4 is 16.9 Å². The van der Waals surface area contributed by atoms with Crippen LogP contribution in [-0.4, -0.2) is 21.1 Å². The van der Waals surface area contributed by atoms with Gasteiger partial charge in [0, 0.05) is 6.04 Å². The Morgan fingerprint density at radius 3 is 2.61 bits per heavy atom. The van der Waals surface area contributed by atoms with Gasteiger partial charge in [0.05, 0.1) is 17.0 Å². The fourth-order valence-corrected chi connectivity index (χ4v) is 2.59. The zero-order chi connectivity index (χ0) is 16.2. The molecule has 3 aromatic rings. The van der Waals surface area contributed by atoms with E-state index in [1.165, 1.54) is 0 Å². The Morgan fingerprint density at radius 1 is 1.13 bits per heavy atom. The third-order valence-electron chi connectivity index (χ3n) is 3.76. The molecule has 118 valence electrons. The van der Waals surface area contributed by atoms with Gasteiger partial charge in [-0.25, -0.2) is 4.98 Å². The maximum Gasteiger partial charge on any atom is 0.260 e. The van der Waals surface area contributed by atoms with Crippen LogP contribution in [0.1, 0.15) is 25.0 Å². The van der Waals surface area contributed by atoms with Gasteiger partial charge in [-0.1, -0.05) is 42.5 Å². The van der Waals surface area contributed by atoms with E-state index >= 15 is 0 Å². The molecular weight excluding hydrogens is 290 g/mol. The summed E-state index contributed by atoms with van der Waals surface area (Å²) in [4.78, 5) is 19.2. The highest BCUT2D eigenvalue weighted by atomic mass is 16.3. The first kappa shape index (κ1) is 15.2. The van der Waals surface area contributed by atoms with Gasteiger partial charge in [-0.3, -0.25) is 9.78 Å². The lowest BCUT2D eigenvalue weighted by Gasteiger charge is -2.18. The van der Waals surface area contributed by atoms with E-state index in [1.807, 2.05) is 49.4 Å². The van der Waals surface area contributed by atoms with Crippen LogP contribution >= 0.6 is 0 Å². The number of fused-ring (bicyclic) bond motifs is 1. The zero-order valence-electron chi connectivity index (χ0n) is 12.9. The Bertz CT molecular complexity index is 846. The average molecular weight is 309 g/mol. The molecule has 0 amide bonds. The van der Waals surface area contributed by atoms with E-state index in [-0.39, 0.29) is 11.6 Å². The first-order chi connectivity index (χ1) is 11.1. The molecule has 2 atom stereocenters. The van der Waals surface area contributed by atoms with Crippen LogP contribution < -0.4 is 10.9 Å². The van der Waals surface area contributed by atoms with Crippen LogP contribution in [0.4, 0.5) is 5.95 Å². The number of aliphatic hydroxyl groups is 1. The number of rotatable bonds is 5. The van der Waals surface area contributed by atoms with Crippen LogP contribution in [0.2, 0.25) is 0 Å². The third-order valence-corrected chi connectivity index (χ3v) is 3.76. The van der Waals surface area contributed by atoms with Crippen molar-refractivity contribution < 1.29 is 5.11 Å². The summed E-state index contributed by atoms with van der Waals surface area (Å²) < 4.78 is 0. The number of H-pyrrole nitrogens is 1. The van der Waals surface area contributed by atoms with Crippen LogP contribution in [0.25, 0.3) is 10.9 Å². The summed E-state index contributed by atoms with van der Waals surface area (Å²) in [5, 5.41) is 14.0. The normalized spacial score (nSPS) is 13.7. The number of nitrogens with zero attached hydrogens (tertiary/aromatic N) is 1. The lowest BCUT2D eigenvalue weighted by Crippen LogP contribution is -2.22. The first-order valence-corrected chi connectivity index (χ1v) is 7.62. The van der Waals surface area contributed by atoms with E-state index < -0.39 is 6.10 Å². The molecule has 0 bridgehead atoms. The van der Waals surface area contributed by atoms with E-state index in [1.54, 1.807) is 12.1 Å². The van der Waals surface area contributed by atoms with Crippen LogP contribution in [-0.2, 0) is 0 Å². The second-order valence-corrected chi connectivity index (χ2v) is 5.64. The highest BCUT2D eigenvalue weighted by molar-refractivity contribution is 5.78. The molecule has 0 aliphatic heterocycles. The van der Waals surface area contributed by atoms with Crippen molar-refractivity contribution in [1.82, 2.24) is 9.97 Å². The van der Waals surface area contributed by atoms with Gasteiger partial charge >= 0.3 is 0 Å². The van der Waals surface area contributed by atoms with Crippen molar-refractivity contribution in [3.63, 3.8) is 0 Å². The number of aromatic nitrogens is 2. The summed E-state index contributed by atoms with van der Waals surface area (Å²) in [5.74, 6) is 0.418. The van der Waals surface area contributed by atoms with Gasteiger partial charge in [-0.05, 0) is 31.0 Å². The summed E-state index contributed by atoms with van der Waals surface area (Å²) >= 11 is 0. The summed E-state index contributed by atoms with van der Waals surface area (Å²) in [6.45, 7) is 1.95. The quantitative estimate of drug-likeness (QED) is 0.677. The van der Waals surface area contributed by atoms with E-state index in [0.717, 1.165) is 5.56 Å². The smallest absolute Gasteiger partial charge is 0.260 e. The van der Waals surface area contributed by atoms with Crippen molar-refractivity contribution in [1.29, 1.82) is 0 Å². The molecule has 2 unspecified atom stereocenters. The Balaban J connectivity index is 1.73. The molecule has 0 aliphatic rings. The van der Waals surface area contributed by atoms with Gasteiger partial charge < -0.3 is 10.4 Å². The first-order valence-electron chi connectivity index (χ1n) is 7.62. The number of anilines is 1. The molecule has 1 heterocycles. The lowest BCUT2D eigenvalue weighted by atomic mass is 10.0. The Kier molecular flexibility index (Phi) is 4.39. The van der Waals surface area contributed by atoms with Crippen molar-refractivity contribution in [2.75, 3.05) is 5.32 Å². The third kappa shape index (κ3) is 3.57. The number of hydrogen-bond donors (Lipinski definition) is 3. The molecule has 1 aromatic heterocycles. The fourth-order valence-electron chi connectivity index (χ4n) is 2.59. The number of aliphatic hydroxyl groups excluding tert-OH is 1.